The van der Waals surface area contributed by atoms with Crippen LogP contribution in [0.2, 0.25) is 0 Å². The number of para-hydroxylation sites is 2. The average Bonchev–Trinajstić information content (AvgIpc) is 3.11. The number of benzene rings is 7. The molecule has 0 bridgehead atoms. The predicted molar refractivity (Wildman–Crippen MR) is 184 cm³/mol. The van der Waals surface area contributed by atoms with E-state index in [2.05, 4.69) is 133 Å². The highest BCUT2D eigenvalue weighted by atomic mass is 14.9. The van der Waals surface area contributed by atoms with Crippen LogP contribution < -0.4 is 0 Å². The van der Waals surface area contributed by atoms with E-state index in [-0.39, 0.29) is 0 Å². The van der Waals surface area contributed by atoms with Gasteiger partial charge in [0.05, 0.1) is 22.4 Å². The molecule has 7 aromatic carbocycles. The highest BCUT2D eigenvalue weighted by molar-refractivity contribution is 6.33. The lowest BCUT2D eigenvalue weighted by Gasteiger charge is -2.16. The molecule has 0 spiro atoms. The Bertz CT molecular complexity index is 2550. The van der Waals surface area contributed by atoms with Crippen LogP contribution in [0.25, 0.3) is 88.0 Å². The number of nitrogens with zero attached hydrogens (tertiary/aromatic N) is 3. The molecule has 0 aliphatic rings. The Labute approximate surface area is 254 Å². The fraction of sp³-hybridized carbons (Fsp3) is 0. The fourth-order valence-electron chi connectivity index (χ4n) is 6.66. The lowest BCUT2D eigenvalue weighted by atomic mass is 9.90. The molecule has 0 amide bonds. The van der Waals surface area contributed by atoms with Gasteiger partial charge in [0.15, 0.2) is 5.82 Å². The van der Waals surface area contributed by atoms with Crippen LogP contribution in [0.3, 0.4) is 0 Å². The summed E-state index contributed by atoms with van der Waals surface area (Å²) in [5, 5.41) is 9.53. The van der Waals surface area contributed by atoms with E-state index in [1.165, 1.54) is 32.3 Å². The van der Waals surface area contributed by atoms with Gasteiger partial charge in [-0.1, -0.05) is 133 Å². The van der Waals surface area contributed by atoms with Gasteiger partial charge in [0, 0.05) is 38.2 Å². The number of hydrogen-bond acceptors (Lipinski definition) is 3. The first-order chi connectivity index (χ1) is 21.8. The Hall–Kier alpha value is -5.93. The zero-order valence-corrected chi connectivity index (χ0v) is 23.8. The Morgan fingerprint density at radius 1 is 0.295 bits per heavy atom. The molecular formula is C41H25N3. The standard InChI is InChI=1S/C41H25N3/c1-2-13-26(14-3-1)39-34-22-9-11-24-36(34)43-41(44-39)28-16-12-15-27(25-28)40-38-32-20-7-5-18-30(32)29-17-4-6-19-31(29)37(38)33-21-8-10-23-35(33)42-40/h1-25H. The SMILES string of the molecule is c1ccc(-c2nc(-c3cccc(-c4nc5ccccc5c5c6ccccc6c6ccccc6c45)c3)nc3ccccc23)cc1. The maximum Gasteiger partial charge on any atom is 0.160 e. The number of hydrogen-bond donors (Lipinski definition) is 0. The second-order valence-electron chi connectivity index (χ2n) is 11.2. The molecule has 9 rings (SSSR count). The summed E-state index contributed by atoms with van der Waals surface area (Å²) in [6, 6.07) is 53.0. The van der Waals surface area contributed by atoms with Gasteiger partial charge in [-0.2, -0.15) is 0 Å². The largest absolute Gasteiger partial charge is 0.247 e. The molecule has 2 aromatic heterocycles. The molecule has 44 heavy (non-hydrogen) atoms. The Balaban J connectivity index is 1.35. The second kappa shape index (κ2) is 9.82. The molecule has 0 fully saturated rings. The topological polar surface area (TPSA) is 38.7 Å². The van der Waals surface area contributed by atoms with Crippen LogP contribution >= 0.6 is 0 Å². The van der Waals surface area contributed by atoms with Crippen LogP contribution in [0.15, 0.2) is 152 Å². The van der Waals surface area contributed by atoms with E-state index >= 15 is 0 Å². The van der Waals surface area contributed by atoms with E-state index in [0.29, 0.717) is 5.82 Å². The number of fused-ring (bicyclic) bond motifs is 9. The van der Waals surface area contributed by atoms with Gasteiger partial charge in [0.1, 0.15) is 0 Å². The van der Waals surface area contributed by atoms with Crippen molar-refractivity contribution in [1.82, 2.24) is 15.0 Å². The molecule has 0 N–H and O–H groups in total. The summed E-state index contributed by atoms with van der Waals surface area (Å²) in [6.45, 7) is 0. The van der Waals surface area contributed by atoms with Crippen LogP contribution in [-0.4, -0.2) is 15.0 Å². The first-order valence-electron chi connectivity index (χ1n) is 14.9. The zero-order valence-electron chi connectivity index (χ0n) is 23.8. The average molecular weight is 560 g/mol. The third kappa shape index (κ3) is 3.80. The summed E-state index contributed by atoms with van der Waals surface area (Å²) in [6.07, 6.45) is 0. The van der Waals surface area contributed by atoms with Crippen molar-refractivity contribution < 1.29 is 0 Å². The molecule has 204 valence electrons. The number of pyridine rings is 1. The van der Waals surface area contributed by atoms with E-state index in [1.807, 2.05) is 18.2 Å². The molecule has 3 nitrogen and oxygen atoms in total. The Kier molecular flexibility index (Phi) is 5.50. The Morgan fingerprint density at radius 2 is 0.818 bits per heavy atom. The maximum absolute atomic E-state index is 5.34. The van der Waals surface area contributed by atoms with E-state index in [0.717, 1.165) is 49.9 Å². The van der Waals surface area contributed by atoms with Crippen molar-refractivity contribution in [3.8, 4) is 33.9 Å². The molecule has 0 unspecified atom stereocenters. The van der Waals surface area contributed by atoms with Crippen molar-refractivity contribution in [3.05, 3.63) is 152 Å². The van der Waals surface area contributed by atoms with E-state index < -0.39 is 0 Å². The van der Waals surface area contributed by atoms with Gasteiger partial charge in [-0.15, -0.1) is 0 Å². The molecule has 0 saturated heterocycles. The van der Waals surface area contributed by atoms with Crippen molar-refractivity contribution in [2.24, 2.45) is 0 Å². The Morgan fingerprint density at radius 3 is 1.55 bits per heavy atom. The summed E-state index contributed by atoms with van der Waals surface area (Å²) < 4.78 is 0. The summed E-state index contributed by atoms with van der Waals surface area (Å²) in [7, 11) is 0. The van der Waals surface area contributed by atoms with E-state index in [1.54, 1.807) is 0 Å². The molecule has 0 aliphatic carbocycles. The van der Waals surface area contributed by atoms with Crippen molar-refractivity contribution in [3.63, 3.8) is 0 Å². The van der Waals surface area contributed by atoms with Gasteiger partial charge in [-0.05, 0) is 39.7 Å². The summed E-state index contributed by atoms with van der Waals surface area (Å²) in [5.41, 5.74) is 6.87. The van der Waals surface area contributed by atoms with Gasteiger partial charge in [-0.3, -0.25) is 0 Å². The van der Waals surface area contributed by atoms with E-state index in [9.17, 15) is 0 Å². The van der Waals surface area contributed by atoms with Crippen LogP contribution in [0.1, 0.15) is 0 Å². The minimum Gasteiger partial charge on any atom is -0.247 e. The maximum atomic E-state index is 5.34. The lowest BCUT2D eigenvalue weighted by Crippen LogP contribution is -1.96. The monoisotopic (exact) mass is 559 g/mol. The van der Waals surface area contributed by atoms with Gasteiger partial charge in [0.25, 0.3) is 0 Å². The van der Waals surface area contributed by atoms with Crippen LogP contribution in [-0.2, 0) is 0 Å². The fourth-order valence-corrected chi connectivity index (χ4v) is 6.66. The highest BCUT2D eigenvalue weighted by Crippen LogP contribution is 2.43. The minimum atomic E-state index is 0.699. The third-order valence-corrected chi connectivity index (χ3v) is 8.62. The van der Waals surface area contributed by atoms with Crippen LogP contribution in [0, 0.1) is 0 Å². The zero-order chi connectivity index (χ0) is 29.0. The van der Waals surface area contributed by atoms with Gasteiger partial charge >= 0.3 is 0 Å². The predicted octanol–water partition coefficient (Wildman–Crippen LogP) is 10.6. The van der Waals surface area contributed by atoms with Gasteiger partial charge < -0.3 is 0 Å². The quantitative estimate of drug-likeness (QED) is 0.202. The summed E-state index contributed by atoms with van der Waals surface area (Å²) in [4.78, 5) is 15.5. The molecule has 3 heteroatoms. The van der Waals surface area contributed by atoms with Gasteiger partial charge in [-0.25, -0.2) is 15.0 Å². The second-order valence-corrected chi connectivity index (χ2v) is 11.2. The van der Waals surface area contributed by atoms with Crippen LogP contribution in [0.5, 0.6) is 0 Å². The molecule has 0 aliphatic heterocycles. The van der Waals surface area contributed by atoms with E-state index in [4.69, 9.17) is 15.0 Å². The molecule has 9 aromatic rings. The first-order valence-corrected chi connectivity index (χ1v) is 14.9. The lowest BCUT2D eigenvalue weighted by molar-refractivity contribution is 1.23. The van der Waals surface area contributed by atoms with Crippen molar-refractivity contribution >= 4 is 54.1 Å². The van der Waals surface area contributed by atoms with Crippen molar-refractivity contribution in [2.45, 2.75) is 0 Å². The molecule has 0 atom stereocenters. The summed E-state index contributed by atoms with van der Waals surface area (Å²) >= 11 is 0. The van der Waals surface area contributed by atoms with Crippen LogP contribution in [0.4, 0.5) is 0 Å². The van der Waals surface area contributed by atoms with Crippen molar-refractivity contribution in [1.29, 1.82) is 0 Å². The minimum absolute atomic E-state index is 0.699. The number of rotatable bonds is 3. The van der Waals surface area contributed by atoms with Crippen molar-refractivity contribution in [2.75, 3.05) is 0 Å². The molecule has 0 radical (unpaired) electrons. The highest BCUT2D eigenvalue weighted by Gasteiger charge is 2.18. The molecular weight excluding hydrogens is 534 g/mol. The molecule has 0 saturated carbocycles. The number of aromatic nitrogens is 3. The normalized spacial score (nSPS) is 11.6. The first kappa shape index (κ1) is 24.6. The third-order valence-electron chi connectivity index (χ3n) is 8.62. The summed E-state index contributed by atoms with van der Waals surface area (Å²) in [5.74, 6) is 0.699. The molecule has 2 heterocycles. The smallest absolute Gasteiger partial charge is 0.160 e. The van der Waals surface area contributed by atoms with Gasteiger partial charge in [0.2, 0.25) is 0 Å².